The first-order chi connectivity index (χ1) is 10.6. The Morgan fingerprint density at radius 1 is 1.45 bits per heavy atom. The molecule has 22 heavy (non-hydrogen) atoms. The molecule has 0 saturated carbocycles. The van der Waals surface area contributed by atoms with Gasteiger partial charge in [-0.2, -0.15) is 0 Å². The molecule has 4 nitrogen and oxygen atoms in total. The topological polar surface area (TPSA) is 36.4 Å². The molecule has 0 spiro atoms. The summed E-state index contributed by atoms with van der Waals surface area (Å²) in [7, 11) is 1.94. The number of amides is 1. The molecule has 0 aliphatic carbocycles. The summed E-state index contributed by atoms with van der Waals surface area (Å²) in [5.74, 6) is -0.382. The van der Waals surface area contributed by atoms with E-state index in [1.54, 1.807) is 34.4 Å². The molecule has 1 aromatic heterocycles. The number of benzene rings is 1. The molecule has 0 unspecified atom stereocenters. The highest BCUT2D eigenvalue weighted by atomic mass is 32.1. The predicted molar refractivity (Wildman–Crippen MR) is 85.5 cm³/mol. The number of aromatic nitrogens is 1. The lowest BCUT2D eigenvalue weighted by molar-refractivity contribution is -0.121. The third-order valence-electron chi connectivity index (χ3n) is 4.09. The smallest absolute Gasteiger partial charge is 0.244 e. The second-order valence-electron chi connectivity index (χ2n) is 5.52. The van der Waals surface area contributed by atoms with Crippen LogP contribution in [0.25, 0.3) is 0 Å². The van der Waals surface area contributed by atoms with E-state index in [2.05, 4.69) is 4.98 Å². The van der Waals surface area contributed by atoms with Crippen molar-refractivity contribution in [3.63, 3.8) is 0 Å². The largest absolute Gasteiger partial charge is 0.308 e. The number of thiazole rings is 1. The van der Waals surface area contributed by atoms with Gasteiger partial charge in [0, 0.05) is 18.0 Å². The number of likely N-dealkylation sites (N-methyl/N-ethyl adjacent to an activating group) is 1. The molecule has 2 heterocycles. The van der Waals surface area contributed by atoms with Gasteiger partial charge in [0.05, 0.1) is 22.9 Å². The van der Waals surface area contributed by atoms with Gasteiger partial charge in [-0.1, -0.05) is 12.1 Å². The van der Waals surface area contributed by atoms with Gasteiger partial charge in [-0.15, -0.1) is 11.3 Å². The molecular formula is C16H18FN3OS. The van der Waals surface area contributed by atoms with Crippen LogP contribution in [0.4, 0.5) is 10.1 Å². The molecule has 0 N–H and O–H groups in total. The zero-order valence-corrected chi connectivity index (χ0v) is 13.4. The van der Waals surface area contributed by atoms with Crippen molar-refractivity contribution in [2.45, 2.75) is 25.9 Å². The van der Waals surface area contributed by atoms with Crippen molar-refractivity contribution in [3.05, 3.63) is 46.2 Å². The zero-order valence-electron chi connectivity index (χ0n) is 12.6. The van der Waals surface area contributed by atoms with E-state index in [0.29, 0.717) is 25.2 Å². The number of rotatable bonds is 4. The van der Waals surface area contributed by atoms with Crippen LogP contribution < -0.4 is 4.90 Å². The molecule has 0 radical (unpaired) electrons. The van der Waals surface area contributed by atoms with Gasteiger partial charge in [-0.25, -0.2) is 9.37 Å². The van der Waals surface area contributed by atoms with Crippen molar-refractivity contribution in [1.29, 1.82) is 0 Å². The Kier molecular flexibility index (Phi) is 4.22. The van der Waals surface area contributed by atoms with Crippen LogP contribution in [0, 0.1) is 12.7 Å². The highest BCUT2D eigenvalue weighted by molar-refractivity contribution is 7.09. The molecule has 6 heteroatoms. The minimum Gasteiger partial charge on any atom is -0.308 e. The van der Waals surface area contributed by atoms with E-state index in [-0.39, 0.29) is 17.8 Å². The van der Waals surface area contributed by atoms with Crippen molar-refractivity contribution < 1.29 is 9.18 Å². The average molecular weight is 319 g/mol. The summed E-state index contributed by atoms with van der Waals surface area (Å²) < 4.78 is 13.9. The normalized spacial score (nSPS) is 18.5. The molecule has 1 fully saturated rings. The number of carbonyl (C=O) groups is 1. The second-order valence-corrected chi connectivity index (χ2v) is 6.46. The Morgan fingerprint density at radius 2 is 2.23 bits per heavy atom. The van der Waals surface area contributed by atoms with Crippen LogP contribution in [0.15, 0.2) is 29.8 Å². The Labute approximate surface area is 133 Å². The first-order valence-corrected chi connectivity index (χ1v) is 8.11. The van der Waals surface area contributed by atoms with Crippen molar-refractivity contribution in [2.75, 3.05) is 18.5 Å². The van der Waals surface area contributed by atoms with Gasteiger partial charge in [-0.3, -0.25) is 9.69 Å². The number of carbonyl (C=O) groups excluding carboxylic acids is 1. The fourth-order valence-corrected chi connectivity index (χ4v) is 3.64. The highest BCUT2D eigenvalue weighted by Gasteiger charge is 2.36. The fourth-order valence-electron chi connectivity index (χ4n) is 2.80. The molecule has 0 bridgehead atoms. The number of halogens is 1. The molecule has 1 atom stereocenters. The summed E-state index contributed by atoms with van der Waals surface area (Å²) in [5.41, 5.74) is 3.20. The fraction of sp³-hybridized carbons (Fsp3) is 0.375. The minimum atomic E-state index is -0.350. The van der Waals surface area contributed by atoms with Crippen LogP contribution in [-0.4, -0.2) is 35.4 Å². The molecule has 1 aromatic carbocycles. The Morgan fingerprint density at radius 3 is 2.91 bits per heavy atom. The molecule has 3 rings (SSSR count). The van der Waals surface area contributed by atoms with Gasteiger partial charge < -0.3 is 4.90 Å². The third-order valence-corrected chi connectivity index (χ3v) is 5.01. The Hall–Kier alpha value is -1.79. The number of hydrogen-bond donors (Lipinski definition) is 0. The van der Waals surface area contributed by atoms with Crippen molar-refractivity contribution in [1.82, 2.24) is 9.88 Å². The lowest BCUT2D eigenvalue weighted by atomic mass is 10.2. The SMILES string of the molecule is Cc1ncsc1CN(C)[C@@H]1CCN(c2ccccc2F)C1=O. The van der Waals surface area contributed by atoms with Crippen LogP contribution in [0.5, 0.6) is 0 Å². The van der Waals surface area contributed by atoms with Gasteiger partial charge in [0.2, 0.25) is 5.91 Å². The van der Waals surface area contributed by atoms with E-state index in [9.17, 15) is 9.18 Å². The summed E-state index contributed by atoms with van der Waals surface area (Å²) in [6.07, 6.45) is 0.710. The van der Waals surface area contributed by atoms with Crippen LogP contribution in [-0.2, 0) is 11.3 Å². The molecule has 1 amide bonds. The van der Waals surface area contributed by atoms with Gasteiger partial charge in [0.1, 0.15) is 5.82 Å². The lowest BCUT2D eigenvalue weighted by Gasteiger charge is -2.23. The van der Waals surface area contributed by atoms with Crippen LogP contribution in [0.2, 0.25) is 0 Å². The maximum atomic E-state index is 13.9. The van der Waals surface area contributed by atoms with E-state index in [0.717, 1.165) is 5.69 Å². The molecule has 1 saturated heterocycles. The van der Waals surface area contributed by atoms with Crippen LogP contribution >= 0.6 is 11.3 Å². The molecule has 116 valence electrons. The number of para-hydroxylation sites is 1. The Balaban J connectivity index is 1.73. The van der Waals surface area contributed by atoms with Gasteiger partial charge in [0.15, 0.2) is 0 Å². The predicted octanol–water partition coefficient (Wildman–Crippen LogP) is 2.83. The molecule has 1 aliphatic rings. The number of nitrogens with zero attached hydrogens (tertiary/aromatic N) is 3. The average Bonchev–Trinajstić information content (AvgIpc) is 3.06. The van der Waals surface area contributed by atoms with Crippen molar-refractivity contribution >= 4 is 22.9 Å². The monoisotopic (exact) mass is 319 g/mol. The maximum absolute atomic E-state index is 13.9. The van der Waals surface area contributed by atoms with Crippen molar-refractivity contribution in [3.8, 4) is 0 Å². The van der Waals surface area contributed by atoms with E-state index in [1.165, 1.54) is 10.9 Å². The Bertz CT molecular complexity index is 688. The number of hydrogen-bond acceptors (Lipinski definition) is 4. The summed E-state index contributed by atoms with van der Waals surface area (Å²) in [5, 5.41) is 0. The summed E-state index contributed by atoms with van der Waals surface area (Å²) in [6, 6.07) is 6.23. The second kappa shape index (κ2) is 6.14. The molecule has 2 aromatic rings. The summed E-state index contributed by atoms with van der Waals surface area (Å²) in [4.78, 5) is 21.6. The van der Waals surface area contributed by atoms with Crippen molar-refractivity contribution in [2.24, 2.45) is 0 Å². The van der Waals surface area contributed by atoms with E-state index in [4.69, 9.17) is 0 Å². The van der Waals surface area contributed by atoms with E-state index >= 15 is 0 Å². The van der Waals surface area contributed by atoms with E-state index in [1.807, 2.05) is 24.4 Å². The molecular weight excluding hydrogens is 301 g/mol. The third kappa shape index (κ3) is 2.76. The van der Waals surface area contributed by atoms with E-state index < -0.39 is 0 Å². The summed E-state index contributed by atoms with van der Waals surface area (Å²) in [6.45, 7) is 3.22. The first kappa shape index (κ1) is 15.1. The standard InChI is InChI=1S/C16H18FN3OS/c1-11-15(22-10-18-11)9-19(2)14-7-8-20(16(14)21)13-6-4-3-5-12(13)17/h3-6,10,14H,7-9H2,1-2H3/t14-/m1/s1. The maximum Gasteiger partial charge on any atom is 0.244 e. The summed E-state index contributed by atoms with van der Waals surface area (Å²) >= 11 is 1.60. The quantitative estimate of drug-likeness (QED) is 0.869. The minimum absolute atomic E-state index is 0.0326. The van der Waals surface area contributed by atoms with Gasteiger partial charge in [0.25, 0.3) is 0 Å². The van der Waals surface area contributed by atoms with Gasteiger partial charge >= 0.3 is 0 Å². The number of aryl methyl sites for hydroxylation is 1. The first-order valence-electron chi connectivity index (χ1n) is 7.23. The number of anilines is 1. The van der Waals surface area contributed by atoms with Crippen LogP contribution in [0.1, 0.15) is 17.0 Å². The van der Waals surface area contributed by atoms with Gasteiger partial charge in [-0.05, 0) is 32.5 Å². The molecule has 1 aliphatic heterocycles. The zero-order chi connectivity index (χ0) is 15.7. The van der Waals surface area contributed by atoms with Crippen LogP contribution in [0.3, 0.4) is 0 Å². The highest BCUT2D eigenvalue weighted by Crippen LogP contribution is 2.27. The lowest BCUT2D eigenvalue weighted by Crippen LogP contribution is -2.39.